The highest BCUT2D eigenvalue weighted by Crippen LogP contribution is 2.34. The van der Waals surface area contributed by atoms with E-state index in [1.807, 2.05) is 54.1 Å². The van der Waals surface area contributed by atoms with E-state index in [9.17, 15) is 4.79 Å². The van der Waals surface area contributed by atoms with Crippen LogP contribution in [0, 0.1) is 6.92 Å². The van der Waals surface area contributed by atoms with Crippen LogP contribution >= 0.6 is 22.7 Å². The highest BCUT2D eigenvalue weighted by atomic mass is 32.1. The molecule has 0 bridgehead atoms. The third-order valence-corrected chi connectivity index (χ3v) is 6.08. The number of thiophene rings is 2. The largest absolute Gasteiger partial charge is 0.383 e. The van der Waals surface area contributed by atoms with E-state index in [1.54, 1.807) is 23.0 Å². The lowest BCUT2D eigenvalue weighted by Gasteiger charge is -2.13. The number of aryl methyl sites for hydroxylation is 1. The first-order valence-electron chi connectivity index (χ1n) is 8.31. The minimum Gasteiger partial charge on any atom is -0.383 e. The second-order valence-electron chi connectivity index (χ2n) is 6.06. The normalized spacial score (nSPS) is 11.3. The number of benzene rings is 1. The third-order valence-electron chi connectivity index (χ3n) is 4.31. The van der Waals surface area contributed by atoms with E-state index in [2.05, 4.69) is 0 Å². The second kappa shape index (κ2) is 7.15. The molecule has 1 aromatic carbocycles. The van der Waals surface area contributed by atoms with Crippen molar-refractivity contribution in [2.45, 2.75) is 13.5 Å². The molecule has 0 amide bonds. The smallest absolute Gasteiger partial charge is 0.263 e. The SMILES string of the molecule is COCCn1c(-c2ccc(C)cc2)nc2scc(-c3cccs3)c2c1=O. The van der Waals surface area contributed by atoms with Crippen molar-refractivity contribution in [3.05, 3.63) is 63.1 Å². The molecule has 0 fully saturated rings. The maximum atomic E-state index is 13.4. The van der Waals surface area contributed by atoms with E-state index in [-0.39, 0.29) is 5.56 Å². The number of ether oxygens (including phenoxy) is 1. The van der Waals surface area contributed by atoms with E-state index in [0.29, 0.717) is 24.4 Å². The number of hydrogen-bond donors (Lipinski definition) is 0. The molecular weight excluding hydrogens is 364 g/mol. The van der Waals surface area contributed by atoms with Gasteiger partial charge in [-0.2, -0.15) is 0 Å². The first kappa shape index (κ1) is 17.1. The van der Waals surface area contributed by atoms with Gasteiger partial charge in [-0.15, -0.1) is 22.7 Å². The lowest BCUT2D eigenvalue weighted by atomic mass is 10.1. The van der Waals surface area contributed by atoms with Crippen LogP contribution in [0.3, 0.4) is 0 Å². The summed E-state index contributed by atoms with van der Waals surface area (Å²) < 4.78 is 6.96. The molecule has 6 heteroatoms. The van der Waals surface area contributed by atoms with Gasteiger partial charge < -0.3 is 4.74 Å². The summed E-state index contributed by atoms with van der Waals surface area (Å²) in [5.74, 6) is 0.694. The van der Waals surface area contributed by atoms with Crippen molar-refractivity contribution in [1.29, 1.82) is 0 Å². The van der Waals surface area contributed by atoms with Crippen molar-refractivity contribution >= 4 is 32.9 Å². The lowest BCUT2D eigenvalue weighted by Crippen LogP contribution is -2.25. The van der Waals surface area contributed by atoms with Crippen molar-refractivity contribution in [3.63, 3.8) is 0 Å². The average Bonchev–Trinajstić information content (AvgIpc) is 3.31. The predicted octanol–water partition coefficient (Wildman–Crippen LogP) is 4.81. The van der Waals surface area contributed by atoms with Crippen LogP contribution in [0.15, 0.2) is 52.0 Å². The highest BCUT2D eigenvalue weighted by Gasteiger charge is 2.18. The Morgan fingerprint density at radius 3 is 2.65 bits per heavy atom. The maximum absolute atomic E-state index is 13.4. The minimum absolute atomic E-state index is 0.00715. The Kier molecular flexibility index (Phi) is 4.72. The molecule has 26 heavy (non-hydrogen) atoms. The molecule has 0 aliphatic carbocycles. The van der Waals surface area contributed by atoms with Gasteiger partial charge in [0, 0.05) is 28.5 Å². The van der Waals surface area contributed by atoms with Crippen molar-refractivity contribution in [2.75, 3.05) is 13.7 Å². The summed E-state index contributed by atoms with van der Waals surface area (Å²) in [4.78, 5) is 20.1. The Labute approximate surface area is 159 Å². The minimum atomic E-state index is -0.00715. The van der Waals surface area contributed by atoms with E-state index < -0.39 is 0 Å². The first-order chi connectivity index (χ1) is 12.7. The molecule has 0 N–H and O–H groups in total. The molecule has 132 valence electrons. The number of nitrogens with zero attached hydrogens (tertiary/aromatic N) is 2. The molecule has 3 aromatic heterocycles. The Hall–Kier alpha value is -2.28. The topological polar surface area (TPSA) is 44.1 Å². The molecule has 4 aromatic rings. The van der Waals surface area contributed by atoms with Gasteiger partial charge in [0.2, 0.25) is 0 Å². The molecule has 3 heterocycles. The zero-order chi connectivity index (χ0) is 18.1. The van der Waals surface area contributed by atoms with Crippen molar-refractivity contribution in [1.82, 2.24) is 9.55 Å². The lowest BCUT2D eigenvalue weighted by molar-refractivity contribution is 0.186. The monoisotopic (exact) mass is 382 g/mol. The van der Waals surface area contributed by atoms with Crippen LogP contribution in [0.1, 0.15) is 5.56 Å². The molecule has 0 unspecified atom stereocenters. The molecular formula is C20H18N2O2S2. The molecule has 0 saturated carbocycles. The maximum Gasteiger partial charge on any atom is 0.263 e. The Morgan fingerprint density at radius 2 is 1.96 bits per heavy atom. The Bertz CT molecular complexity index is 1090. The van der Waals surface area contributed by atoms with Crippen LogP contribution in [-0.4, -0.2) is 23.3 Å². The van der Waals surface area contributed by atoms with E-state index >= 15 is 0 Å². The molecule has 4 rings (SSSR count). The molecule has 0 atom stereocenters. The standard InChI is InChI=1S/C20H18N2O2S2/c1-13-5-7-14(8-6-13)18-21-19-17(20(23)22(18)9-10-24-2)15(12-26-19)16-4-3-11-25-16/h3-8,11-12H,9-10H2,1-2H3. The number of methoxy groups -OCH3 is 1. The van der Waals surface area contributed by atoms with E-state index in [0.717, 1.165) is 20.8 Å². The fourth-order valence-electron chi connectivity index (χ4n) is 2.95. The van der Waals surface area contributed by atoms with Gasteiger partial charge >= 0.3 is 0 Å². The van der Waals surface area contributed by atoms with Crippen LogP contribution in [-0.2, 0) is 11.3 Å². The van der Waals surface area contributed by atoms with Gasteiger partial charge in [-0.05, 0) is 18.4 Å². The number of aromatic nitrogens is 2. The second-order valence-corrected chi connectivity index (χ2v) is 7.86. The molecule has 0 spiro atoms. The summed E-state index contributed by atoms with van der Waals surface area (Å²) in [6.45, 7) is 2.98. The molecule has 0 aliphatic rings. The number of fused-ring (bicyclic) bond motifs is 1. The van der Waals surface area contributed by atoms with Crippen molar-refractivity contribution in [3.8, 4) is 21.8 Å². The van der Waals surface area contributed by atoms with Crippen LogP contribution in [0.25, 0.3) is 32.0 Å². The number of hydrogen-bond acceptors (Lipinski definition) is 5. The zero-order valence-corrected chi connectivity index (χ0v) is 16.2. The highest BCUT2D eigenvalue weighted by molar-refractivity contribution is 7.18. The average molecular weight is 383 g/mol. The summed E-state index contributed by atoms with van der Waals surface area (Å²) in [7, 11) is 1.64. The summed E-state index contributed by atoms with van der Waals surface area (Å²) in [6, 6.07) is 12.1. The van der Waals surface area contributed by atoms with E-state index in [4.69, 9.17) is 9.72 Å². The van der Waals surface area contributed by atoms with Gasteiger partial charge in [0.25, 0.3) is 5.56 Å². The van der Waals surface area contributed by atoms with Crippen LogP contribution in [0.4, 0.5) is 0 Å². The Balaban J connectivity index is 1.97. The van der Waals surface area contributed by atoms with Crippen LogP contribution in [0.5, 0.6) is 0 Å². The van der Waals surface area contributed by atoms with Gasteiger partial charge in [0.1, 0.15) is 10.7 Å². The number of rotatable bonds is 5. The van der Waals surface area contributed by atoms with Gasteiger partial charge in [-0.3, -0.25) is 9.36 Å². The van der Waals surface area contributed by atoms with Gasteiger partial charge in [-0.1, -0.05) is 35.9 Å². The van der Waals surface area contributed by atoms with Crippen LogP contribution < -0.4 is 5.56 Å². The van der Waals surface area contributed by atoms with Crippen molar-refractivity contribution in [2.24, 2.45) is 0 Å². The third kappa shape index (κ3) is 3.00. The predicted molar refractivity (Wildman–Crippen MR) is 109 cm³/mol. The molecule has 0 aliphatic heterocycles. The zero-order valence-electron chi connectivity index (χ0n) is 14.6. The fourth-order valence-corrected chi connectivity index (χ4v) is 4.70. The quantitative estimate of drug-likeness (QED) is 0.498. The summed E-state index contributed by atoms with van der Waals surface area (Å²) >= 11 is 3.16. The van der Waals surface area contributed by atoms with Crippen molar-refractivity contribution < 1.29 is 4.74 Å². The molecule has 4 nitrogen and oxygen atoms in total. The van der Waals surface area contributed by atoms with Gasteiger partial charge in [0.05, 0.1) is 18.5 Å². The summed E-state index contributed by atoms with van der Waals surface area (Å²) in [5.41, 5.74) is 3.08. The van der Waals surface area contributed by atoms with Crippen LogP contribution in [0.2, 0.25) is 0 Å². The summed E-state index contributed by atoms with van der Waals surface area (Å²) in [6.07, 6.45) is 0. The molecule has 0 radical (unpaired) electrons. The summed E-state index contributed by atoms with van der Waals surface area (Å²) in [5, 5.41) is 4.75. The molecule has 0 saturated heterocycles. The van der Waals surface area contributed by atoms with Gasteiger partial charge in [-0.25, -0.2) is 4.98 Å². The Morgan fingerprint density at radius 1 is 1.15 bits per heavy atom. The first-order valence-corrected chi connectivity index (χ1v) is 10.1. The van der Waals surface area contributed by atoms with Gasteiger partial charge in [0.15, 0.2) is 0 Å². The fraction of sp³-hybridized carbons (Fsp3) is 0.200. The van der Waals surface area contributed by atoms with E-state index in [1.165, 1.54) is 16.9 Å².